The van der Waals surface area contributed by atoms with Gasteiger partial charge in [0.2, 0.25) is 0 Å². The minimum Gasteiger partial charge on any atom is -0.492 e. The monoisotopic (exact) mass is 291 g/mol. The lowest BCUT2D eigenvalue weighted by Crippen LogP contribution is -2.21. The first-order chi connectivity index (χ1) is 7.13. The van der Waals surface area contributed by atoms with E-state index in [9.17, 15) is 0 Å². The Labute approximate surface area is 104 Å². The maximum atomic E-state index is 6.02. The van der Waals surface area contributed by atoms with Gasteiger partial charge < -0.3 is 10.1 Å². The molecule has 1 rings (SSSR count). The predicted molar refractivity (Wildman–Crippen MR) is 67.7 cm³/mol. The third-order valence-electron chi connectivity index (χ3n) is 1.97. The van der Waals surface area contributed by atoms with Crippen LogP contribution in [0.4, 0.5) is 0 Å². The van der Waals surface area contributed by atoms with Gasteiger partial charge in [0, 0.05) is 16.9 Å². The van der Waals surface area contributed by atoms with E-state index in [-0.39, 0.29) is 0 Å². The standard InChI is InChI=1S/C11H15BrClNO/c1-8(6-14-2)7-15-11-4-3-9(12)5-10(11)13/h3-5,8,14H,6-7H2,1-2H3. The van der Waals surface area contributed by atoms with E-state index in [0.717, 1.165) is 16.8 Å². The molecule has 0 spiro atoms. The zero-order chi connectivity index (χ0) is 11.3. The van der Waals surface area contributed by atoms with Crippen LogP contribution in [-0.4, -0.2) is 20.2 Å². The van der Waals surface area contributed by atoms with Crippen molar-refractivity contribution in [3.63, 3.8) is 0 Å². The fourth-order valence-corrected chi connectivity index (χ4v) is 1.96. The SMILES string of the molecule is CNCC(C)COc1ccc(Br)cc1Cl. The van der Waals surface area contributed by atoms with Crippen LogP contribution in [0.2, 0.25) is 5.02 Å². The molecule has 0 aliphatic rings. The zero-order valence-corrected chi connectivity index (χ0v) is 11.2. The van der Waals surface area contributed by atoms with Crippen LogP contribution in [0.1, 0.15) is 6.92 Å². The van der Waals surface area contributed by atoms with Gasteiger partial charge in [-0.3, -0.25) is 0 Å². The average molecular weight is 293 g/mol. The Morgan fingerprint density at radius 2 is 2.27 bits per heavy atom. The molecule has 0 bridgehead atoms. The summed E-state index contributed by atoms with van der Waals surface area (Å²) in [4.78, 5) is 0. The van der Waals surface area contributed by atoms with Gasteiger partial charge >= 0.3 is 0 Å². The molecular formula is C11H15BrClNO. The van der Waals surface area contributed by atoms with Gasteiger partial charge in [-0.15, -0.1) is 0 Å². The molecule has 0 aromatic heterocycles. The van der Waals surface area contributed by atoms with Crippen molar-refractivity contribution in [1.82, 2.24) is 5.32 Å². The van der Waals surface area contributed by atoms with Gasteiger partial charge in [-0.25, -0.2) is 0 Å². The third-order valence-corrected chi connectivity index (χ3v) is 2.76. The summed E-state index contributed by atoms with van der Waals surface area (Å²) >= 11 is 9.37. The molecular weight excluding hydrogens is 277 g/mol. The Hall–Kier alpha value is -0.250. The van der Waals surface area contributed by atoms with Crippen LogP contribution in [0.15, 0.2) is 22.7 Å². The van der Waals surface area contributed by atoms with Crippen LogP contribution >= 0.6 is 27.5 Å². The fraction of sp³-hybridized carbons (Fsp3) is 0.455. The summed E-state index contributed by atoms with van der Waals surface area (Å²) < 4.78 is 6.57. The highest BCUT2D eigenvalue weighted by Crippen LogP contribution is 2.27. The second kappa shape index (κ2) is 6.36. The molecule has 1 aromatic rings. The molecule has 0 aliphatic carbocycles. The van der Waals surface area contributed by atoms with Crippen LogP contribution in [0.3, 0.4) is 0 Å². The van der Waals surface area contributed by atoms with Gasteiger partial charge in [-0.2, -0.15) is 0 Å². The van der Waals surface area contributed by atoms with Crippen molar-refractivity contribution < 1.29 is 4.74 Å². The number of halogens is 2. The Balaban J connectivity index is 2.50. The van der Waals surface area contributed by atoms with E-state index in [1.807, 2.05) is 25.2 Å². The lowest BCUT2D eigenvalue weighted by molar-refractivity contribution is 0.258. The van der Waals surface area contributed by atoms with Gasteiger partial charge in [-0.1, -0.05) is 34.5 Å². The van der Waals surface area contributed by atoms with E-state index >= 15 is 0 Å². The molecule has 0 amide bonds. The van der Waals surface area contributed by atoms with Gasteiger partial charge in [0.25, 0.3) is 0 Å². The smallest absolute Gasteiger partial charge is 0.137 e. The molecule has 0 saturated heterocycles. The molecule has 84 valence electrons. The van der Waals surface area contributed by atoms with E-state index in [1.165, 1.54) is 0 Å². The minimum absolute atomic E-state index is 0.467. The molecule has 15 heavy (non-hydrogen) atoms. The highest BCUT2D eigenvalue weighted by atomic mass is 79.9. The quantitative estimate of drug-likeness (QED) is 0.899. The maximum absolute atomic E-state index is 6.02. The first-order valence-electron chi connectivity index (χ1n) is 4.86. The Kier molecular flexibility index (Phi) is 5.43. The normalized spacial score (nSPS) is 12.5. The van der Waals surface area contributed by atoms with E-state index in [4.69, 9.17) is 16.3 Å². The number of hydrogen-bond acceptors (Lipinski definition) is 2. The van der Waals surface area contributed by atoms with Gasteiger partial charge in [-0.05, 0) is 25.2 Å². The molecule has 2 nitrogen and oxygen atoms in total. The van der Waals surface area contributed by atoms with Crippen molar-refractivity contribution in [2.75, 3.05) is 20.2 Å². The van der Waals surface area contributed by atoms with Gasteiger partial charge in [0.05, 0.1) is 11.6 Å². The van der Waals surface area contributed by atoms with Crippen molar-refractivity contribution in [1.29, 1.82) is 0 Å². The molecule has 1 unspecified atom stereocenters. The molecule has 1 aromatic carbocycles. The summed E-state index contributed by atoms with van der Waals surface area (Å²) in [6.07, 6.45) is 0. The van der Waals surface area contributed by atoms with Gasteiger partial charge in [0.1, 0.15) is 5.75 Å². The van der Waals surface area contributed by atoms with Crippen LogP contribution in [0.5, 0.6) is 5.75 Å². The molecule has 0 aliphatic heterocycles. The summed E-state index contributed by atoms with van der Waals surface area (Å²) in [5.74, 6) is 1.21. The fourth-order valence-electron chi connectivity index (χ4n) is 1.23. The highest BCUT2D eigenvalue weighted by molar-refractivity contribution is 9.10. The largest absolute Gasteiger partial charge is 0.492 e. The van der Waals surface area contributed by atoms with Crippen molar-refractivity contribution in [2.45, 2.75) is 6.92 Å². The molecule has 0 saturated carbocycles. The van der Waals surface area contributed by atoms with Gasteiger partial charge in [0.15, 0.2) is 0 Å². The molecule has 1 atom stereocenters. The zero-order valence-electron chi connectivity index (χ0n) is 8.89. The molecule has 0 radical (unpaired) electrons. The Morgan fingerprint density at radius 3 is 2.87 bits per heavy atom. The predicted octanol–water partition coefficient (Wildman–Crippen LogP) is 3.34. The first kappa shape index (κ1) is 12.8. The highest BCUT2D eigenvalue weighted by Gasteiger charge is 2.05. The third kappa shape index (κ3) is 4.41. The molecule has 1 N–H and O–H groups in total. The molecule has 4 heteroatoms. The number of benzene rings is 1. The Morgan fingerprint density at radius 1 is 1.53 bits per heavy atom. The van der Waals surface area contributed by atoms with Crippen LogP contribution in [0, 0.1) is 5.92 Å². The van der Waals surface area contributed by atoms with Crippen molar-refractivity contribution in [3.8, 4) is 5.75 Å². The second-order valence-electron chi connectivity index (χ2n) is 3.55. The lowest BCUT2D eigenvalue weighted by atomic mass is 10.2. The van der Waals surface area contributed by atoms with Crippen LogP contribution in [0.25, 0.3) is 0 Å². The van der Waals surface area contributed by atoms with Crippen molar-refractivity contribution >= 4 is 27.5 Å². The number of rotatable bonds is 5. The summed E-state index contributed by atoms with van der Waals surface area (Å²) in [6, 6.07) is 5.63. The summed E-state index contributed by atoms with van der Waals surface area (Å²) in [5, 5.41) is 3.75. The average Bonchev–Trinajstić information content (AvgIpc) is 2.17. The van der Waals surface area contributed by atoms with Crippen molar-refractivity contribution in [2.24, 2.45) is 5.92 Å². The van der Waals surface area contributed by atoms with E-state index in [2.05, 4.69) is 28.2 Å². The van der Waals surface area contributed by atoms with E-state index in [1.54, 1.807) is 0 Å². The van der Waals surface area contributed by atoms with Crippen LogP contribution in [-0.2, 0) is 0 Å². The number of nitrogens with one attached hydrogen (secondary N) is 1. The molecule has 0 heterocycles. The molecule has 0 fully saturated rings. The van der Waals surface area contributed by atoms with E-state index in [0.29, 0.717) is 17.5 Å². The number of hydrogen-bond donors (Lipinski definition) is 1. The Bertz CT molecular complexity index is 319. The topological polar surface area (TPSA) is 21.3 Å². The number of ether oxygens (including phenoxy) is 1. The van der Waals surface area contributed by atoms with Crippen LogP contribution < -0.4 is 10.1 Å². The lowest BCUT2D eigenvalue weighted by Gasteiger charge is -2.13. The maximum Gasteiger partial charge on any atom is 0.137 e. The van der Waals surface area contributed by atoms with E-state index < -0.39 is 0 Å². The minimum atomic E-state index is 0.467. The summed E-state index contributed by atoms with van der Waals surface area (Å²) in [7, 11) is 1.93. The summed E-state index contributed by atoms with van der Waals surface area (Å²) in [5.41, 5.74) is 0. The summed E-state index contributed by atoms with van der Waals surface area (Å²) in [6.45, 7) is 3.74. The first-order valence-corrected chi connectivity index (χ1v) is 6.03. The van der Waals surface area contributed by atoms with Crippen molar-refractivity contribution in [3.05, 3.63) is 27.7 Å². The second-order valence-corrected chi connectivity index (χ2v) is 4.87.